The third-order valence-corrected chi connectivity index (χ3v) is 5.40. The number of esters is 1. The molecule has 2 atom stereocenters. The molecule has 0 aliphatic heterocycles. The topological polar surface area (TPSA) is 90.6 Å². The lowest BCUT2D eigenvalue weighted by molar-refractivity contribution is -0.142. The number of methoxy groups -OCH3 is 1. The van der Waals surface area contributed by atoms with Crippen LogP contribution in [0.5, 0.6) is 5.75 Å². The molecule has 0 fully saturated rings. The summed E-state index contributed by atoms with van der Waals surface area (Å²) in [7, 11) is 1.32. The van der Waals surface area contributed by atoms with Crippen molar-refractivity contribution in [2.24, 2.45) is 5.73 Å². The van der Waals surface area contributed by atoms with Gasteiger partial charge in [0.15, 0.2) is 0 Å². The maximum absolute atomic E-state index is 12.9. The van der Waals surface area contributed by atoms with Crippen LogP contribution in [0.3, 0.4) is 0 Å². The van der Waals surface area contributed by atoms with E-state index in [9.17, 15) is 9.59 Å². The molecule has 1 amide bonds. The Balaban J connectivity index is 2.98. The van der Waals surface area contributed by atoms with Gasteiger partial charge in [0.2, 0.25) is 0 Å². The second kappa shape index (κ2) is 13.0. The van der Waals surface area contributed by atoms with Gasteiger partial charge in [0.05, 0.1) is 13.7 Å². The number of ether oxygens (including phenoxy) is 2. The number of amides is 1. The molecule has 0 spiro atoms. The minimum atomic E-state index is -0.678. The highest BCUT2D eigenvalue weighted by Crippen LogP contribution is 2.25. The Morgan fingerprint density at radius 3 is 2.57 bits per heavy atom. The van der Waals surface area contributed by atoms with Crippen molar-refractivity contribution < 1.29 is 19.1 Å². The fourth-order valence-electron chi connectivity index (χ4n) is 2.61. The van der Waals surface area contributed by atoms with E-state index in [0.717, 1.165) is 11.3 Å². The molecule has 0 unspecified atom stereocenters. The molecule has 0 aliphatic rings. The van der Waals surface area contributed by atoms with E-state index in [4.69, 9.17) is 15.2 Å². The van der Waals surface area contributed by atoms with Crippen LogP contribution in [-0.4, -0.2) is 55.4 Å². The molecule has 0 heterocycles. The third kappa shape index (κ3) is 7.93. The highest BCUT2D eigenvalue weighted by atomic mass is 32.2. The molecule has 158 valence electrons. The summed E-state index contributed by atoms with van der Waals surface area (Å²) in [4.78, 5) is 24.9. The average molecular weight is 429 g/mol. The number of hydrogen-bond acceptors (Lipinski definition) is 7. The number of nitrogens with two attached hydrogens (primary N) is 1. The molecule has 0 saturated carbocycles. The van der Waals surface area contributed by atoms with Crippen LogP contribution in [0.4, 0.5) is 0 Å². The number of rotatable bonds is 12. The Morgan fingerprint density at radius 1 is 1.29 bits per heavy atom. The highest BCUT2D eigenvalue weighted by molar-refractivity contribution is 7.98. The Morgan fingerprint density at radius 2 is 2.00 bits per heavy atom. The van der Waals surface area contributed by atoms with Gasteiger partial charge in [0.1, 0.15) is 11.8 Å². The highest BCUT2D eigenvalue weighted by Gasteiger charge is 2.24. The van der Waals surface area contributed by atoms with Crippen LogP contribution < -0.4 is 15.8 Å². The number of carbonyl (C=O) groups excluding carboxylic acids is 2. The number of hydrogen-bond donors (Lipinski definition) is 3. The van der Waals surface area contributed by atoms with Crippen molar-refractivity contribution in [2.75, 3.05) is 31.5 Å². The van der Waals surface area contributed by atoms with E-state index >= 15 is 0 Å². The molecule has 28 heavy (non-hydrogen) atoms. The predicted molar refractivity (Wildman–Crippen MR) is 119 cm³/mol. The van der Waals surface area contributed by atoms with Gasteiger partial charge < -0.3 is 20.5 Å². The SMILES string of the molecule is COC(=O)[C@H](CCSC)NC(=O)c1cc(OCC[C@@H](N)CS)ccc1C(C)C. The average Bonchev–Trinajstić information content (AvgIpc) is 2.69. The maximum atomic E-state index is 12.9. The van der Waals surface area contributed by atoms with Gasteiger partial charge >= 0.3 is 5.97 Å². The monoisotopic (exact) mass is 428 g/mol. The summed E-state index contributed by atoms with van der Waals surface area (Å²) in [5.41, 5.74) is 7.25. The van der Waals surface area contributed by atoms with Crippen molar-refractivity contribution >= 4 is 36.3 Å². The van der Waals surface area contributed by atoms with Crippen LogP contribution in [0.25, 0.3) is 0 Å². The summed E-state index contributed by atoms with van der Waals surface area (Å²) in [5.74, 6) is 1.33. The fourth-order valence-corrected chi connectivity index (χ4v) is 3.26. The van der Waals surface area contributed by atoms with Gasteiger partial charge in [0.25, 0.3) is 5.91 Å². The van der Waals surface area contributed by atoms with Crippen molar-refractivity contribution in [1.82, 2.24) is 5.32 Å². The molecule has 8 heteroatoms. The smallest absolute Gasteiger partial charge is 0.328 e. The summed E-state index contributed by atoms with van der Waals surface area (Å²) in [6, 6.07) is 4.76. The van der Waals surface area contributed by atoms with Crippen molar-refractivity contribution in [3.63, 3.8) is 0 Å². The van der Waals surface area contributed by atoms with E-state index in [0.29, 0.717) is 36.5 Å². The number of thiol groups is 1. The van der Waals surface area contributed by atoms with Crippen LogP contribution in [-0.2, 0) is 9.53 Å². The lowest BCUT2D eigenvalue weighted by atomic mass is 9.96. The summed E-state index contributed by atoms with van der Waals surface area (Å²) < 4.78 is 10.6. The van der Waals surface area contributed by atoms with Crippen molar-refractivity contribution in [1.29, 1.82) is 0 Å². The lowest BCUT2D eigenvalue weighted by Crippen LogP contribution is -2.42. The number of thioether (sulfide) groups is 1. The molecule has 0 bridgehead atoms. The molecular formula is C20H32N2O4S2. The molecule has 0 radical (unpaired) electrons. The van der Waals surface area contributed by atoms with Gasteiger partial charge in [-0.2, -0.15) is 24.4 Å². The van der Waals surface area contributed by atoms with Crippen molar-refractivity contribution in [2.45, 2.75) is 44.7 Å². The van der Waals surface area contributed by atoms with E-state index in [1.165, 1.54) is 7.11 Å². The Bertz CT molecular complexity index is 641. The first kappa shape index (κ1) is 24.7. The van der Waals surface area contributed by atoms with Gasteiger partial charge in [-0.15, -0.1) is 0 Å². The van der Waals surface area contributed by atoms with Gasteiger partial charge in [0, 0.05) is 17.4 Å². The van der Waals surface area contributed by atoms with E-state index in [-0.39, 0.29) is 17.9 Å². The van der Waals surface area contributed by atoms with Gasteiger partial charge in [-0.05, 0) is 48.5 Å². The Kier molecular flexibility index (Phi) is 11.4. The summed E-state index contributed by atoms with van der Waals surface area (Å²) >= 11 is 5.77. The Labute approximate surface area is 177 Å². The number of carbonyl (C=O) groups is 2. The van der Waals surface area contributed by atoms with Gasteiger partial charge in [-0.3, -0.25) is 4.79 Å². The largest absolute Gasteiger partial charge is 0.494 e. The van der Waals surface area contributed by atoms with Crippen LogP contribution in [0, 0.1) is 0 Å². The minimum absolute atomic E-state index is 0.0294. The molecule has 3 N–H and O–H groups in total. The molecule has 1 aromatic carbocycles. The van der Waals surface area contributed by atoms with Crippen molar-refractivity contribution in [3.05, 3.63) is 29.3 Å². The molecule has 1 aromatic rings. The van der Waals surface area contributed by atoms with Gasteiger partial charge in [-0.1, -0.05) is 19.9 Å². The van der Waals surface area contributed by atoms with Crippen LogP contribution >= 0.6 is 24.4 Å². The number of nitrogens with one attached hydrogen (secondary N) is 1. The second-order valence-electron chi connectivity index (χ2n) is 6.81. The zero-order valence-corrected chi connectivity index (χ0v) is 18.8. The van der Waals surface area contributed by atoms with E-state index in [1.54, 1.807) is 17.8 Å². The van der Waals surface area contributed by atoms with Crippen LogP contribution in [0.1, 0.15) is 48.5 Å². The van der Waals surface area contributed by atoms with E-state index in [1.807, 2.05) is 32.2 Å². The minimum Gasteiger partial charge on any atom is -0.494 e. The van der Waals surface area contributed by atoms with E-state index < -0.39 is 12.0 Å². The first-order valence-electron chi connectivity index (χ1n) is 9.34. The summed E-state index contributed by atoms with van der Waals surface area (Å²) in [6.07, 6.45) is 3.14. The molecular weight excluding hydrogens is 396 g/mol. The predicted octanol–water partition coefficient (Wildman–Crippen LogP) is 2.86. The molecule has 6 nitrogen and oxygen atoms in total. The summed E-state index contributed by atoms with van der Waals surface area (Å²) in [6.45, 7) is 4.48. The second-order valence-corrected chi connectivity index (χ2v) is 8.16. The fraction of sp³-hybridized carbons (Fsp3) is 0.600. The molecule has 0 saturated heterocycles. The van der Waals surface area contributed by atoms with Gasteiger partial charge in [-0.25, -0.2) is 4.79 Å². The Hall–Kier alpha value is -1.38. The first-order valence-corrected chi connectivity index (χ1v) is 11.4. The van der Waals surface area contributed by atoms with E-state index in [2.05, 4.69) is 17.9 Å². The normalized spacial score (nSPS) is 13.1. The number of benzene rings is 1. The summed E-state index contributed by atoms with van der Waals surface area (Å²) in [5, 5.41) is 2.81. The maximum Gasteiger partial charge on any atom is 0.328 e. The molecule has 0 aliphatic carbocycles. The first-order chi connectivity index (χ1) is 13.3. The quantitative estimate of drug-likeness (QED) is 0.350. The molecule has 0 aromatic heterocycles. The standard InChI is InChI=1S/C20H32N2O4S2/c1-13(2)16-6-5-15(26-9-7-14(21)12-27)11-17(16)19(23)22-18(8-10-28-4)20(24)25-3/h5-6,11,13-14,18,27H,7-10,12,21H2,1-4H3,(H,22,23)/t14-,18+/m1/s1. The third-order valence-electron chi connectivity index (χ3n) is 4.28. The zero-order chi connectivity index (χ0) is 21.1. The van der Waals surface area contributed by atoms with Crippen LogP contribution in [0.2, 0.25) is 0 Å². The lowest BCUT2D eigenvalue weighted by Gasteiger charge is -2.19. The van der Waals surface area contributed by atoms with Crippen molar-refractivity contribution in [3.8, 4) is 5.75 Å². The zero-order valence-electron chi connectivity index (χ0n) is 17.1. The van der Waals surface area contributed by atoms with Crippen LogP contribution in [0.15, 0.2) is 18.2 Å². The molecule has 1 rings (SSSR count).